The highest BCUT2D eigenvalue weighted by Crippen LogP contribution is 2.27. The maximum Gasteiger partial charge on any atom is 0.161 e. The van der Waals surface area contributed by atoms with Crippen LogP contribution < -0.4 is 15.8 Å². The monoisotopic (exact) mass is 252 g/mol. The Bertz CT molecular complexity index is 356. The first-order chi connectivity index (χ1) is 8.71. The van der Waals surface area contributed by atoms with Gasteiger partial charge in [-0.3, -0.25) is 0 Å². The molecule has 0 aliphatic rings. The van der Waals surface area contributed by atoms with Crippen LogP contribution in [0.4, 0.5) is 0 Å². The van der Waals surface area contributed by atoms with Gasteiger partial charge < -0.3 is 20.9 Å². The van der Waals surface area contributed by atoms with Crippen molar-refractivity contribution in [3.63, 3.8) is 0 Å². The molecule has 4 heteroatoms. The molecule has 102 valence electrons. The third-order valence-electron chi connectivity index (χ3n) is 2.88. The average molecular weight is 252 g/mol. The fourth-order valence-electron chi connectivity index (χ4n) is 1.89. The average Bonchev–Trinajstić information content (AvgIpc) is 2.38. The van der Waals surface area contributed by atoms with Gasteiger partial charge in [-0.05, 0) is 37.5 Å². The van der Waals surface area contributed by atoms with Crippen molar-refractivity contribution in [2.75, 3.05) is 19.7 Å². The normalized spacial score (nSPS) is 12.4. The third-order valence-corrected chi connectivity index (χ3v) is 2.88. The molecule has 1 rings (SSSR count). The van der Waals surface area contributed by atoms with E-state index in [1.807, 2.05) is 19.1 Å². The molecule has 0 heterocycles. The van der Waals surface area contributed by atoms with Crippen molar-refractivity contribution < 1.29 is 9.84 Å². The van der Waals surface area contributed by atoms with E-state index < -0.39 is 0 Å². The fourth-order valence-corrected chi connectivity index (χ4v) is 1.89. The summed E-state index contributed by atoms with van der Waals surface area (Å²) in [5, 5.41) is 13.0. The van der Waals surface area contributed by atoms with Gasteiger partial charge in [0.15, 0.2) is 11.5 Å². The molecule has 1 aromatic carbocycles. The minimum atomic E-state index is 0.198. The second-order valence-corrected chi connectivity index (χ2v) is 4.29. The van der Waals surface area contributed by atoms with E-state index in [2.05, 4.69) is 12.2 Å². The van der Waals surface area contributed by atoms with Crippen LogP contribution in [0.25, 0.3) is 0 Å². The Morgan fingerprint density at radius 1 is 1.39 bits per heavy atom. The quantitative estimate of drug-likeness (QED) is 0.658. The van der Waals surface area contributed by atoms with E-state index in [9.17, 15) is 5.11 Å². The molecule has 0 radical (unpaired) electrons. The number of hydrogen-bond acceptors (Lipinski definition) is 4. The highest BCUT2D eigenvalue weighted by Gasteiger charge is 2.09. The Morgan fingerprint density at radius 3 is 2.78 bits per heavy atom. The minimum Gasteiger partial charge on any atom is -0.504 e. The molecule has 4 N–H and O–H groups in total. The van der Waals surface area contributed by atoms with Crippen molar-refractivity contribution in [1.29, 1.82) is 0 Å². The number of nitrogens with two attached hydrogens (primary N) is 1. The molecular formula is C14H24N2O2. The first-order valence-electron chi connectivity index (χ1n) is 6.59. The molecule has 0 aliphatic heterocycles. The largest absolute Gasteiger partial charge is 0.504 e. The molecule has 0 aliphatic carbocycles. The molecule has 18 heavy (non-hydrogen) atoms. The first-order valence-corrected chi connectivity index (χ1v) is 6.59. The van der Waals surface area contributed by atoms with Crippen LogP contribution in [0, 0.1) is 0 Å². The van der Waals surface area contributed by atoms with E-state index >= 15 is 0 Å². The molecule has 0 aromatic heterocycles. The number of rotatable bonds is 8. The summed E-state index contributed by atoms with van der Waals surface area (Å²) in [6.45, 7) is 6.09. The van der Waals surface area contributed by atoms with Crippen molar-refractivity contribution in [3.8, 4) is 11.5 Å². The fraction of sp³-hybridized carbons (Fsp3) is 0.571. The Labute approximate surface area is 109 Å². The topological polar surface area (TPSA) is 67.5 Å². The highest BCUT2D eigenvalue weighted by molar-refractivity contribution is 5.42. The molecule has 0 saturated heterocycles. The van der Waals surface area contributed by atoms with Crippen LogP contribution in [0.15, 0.2) is 18.2 Å². The molecule has 1 unspecified atom stereocenters. The molecule has 0 bridgehead atoms. The highest BCUT2D eigenvalue weighted by atomic mass is 16.5. The van der Waals surface area contributed by atoms with E-state index in [-0.39, 0.29) is 5.75 Å². The van der Waals surface area contributed by atoms with Crippen molar-refractivity contribution in [3.05, 3.63) is 23.8 Å². The summed E-state index contributed by atoms with van der Waals surface area (Å²) < 4.78 is 5.38. The minimum absolute atomic E-state index is 0.198. The van der Waals surface area contributed by atoms with Gasteiger partial charge in [-0.25, -0.2) is 0 Å². The van der Waals surface area contributed by atoms with Crippen LogP contribution in [-0.2, 0) is 6.42 Å². The maximum atomic E-state index is 9.64. The maximum absolute atomic E-state index is 9.64. The summed E-state index contributed by atoms with van der Waals surface area (Å²) in [6, 6.07) is 5.94. The number of aromatic hydroxyl groups is 1. The van der Waals surface area contributed by atoms with Gasteiger partial charge in [0.1, 0.15) is 0 Å². The van der Waals surface area contributed by atoms with E-state index in [4.69, 9.17) is 10.5 Å². The van der Waals surface area contributed by atoms with Gasteiger partial charge in [-0.2, -0.15) is 0 Å². The number of benzene rings is 1. The summed E-state index contributed by atoms with van der Waals surface area (Å²) >= 11 is 0. The van der Waals surface area contributed by atoms with Gasteiger partial charge in [0.2, 0.25) is 0 Å². The molecule has 1 atom stereocenters. The van der Waals surface area contributed by atoms with Gasteiger partial charge in [0.25, 0.3) is 0 Å². The molecule has 0 saturated carbocycles. The zero-order valence-corrected chi connectivity index (χ0v) is 11.3. The molecule has 4 nitrogen and oxygen atoms in total. The first kappa shape index (κ1) is 14.8. The number of nitrogens with one attached hydrogen (secondary N) is 1. The number of phenols is 1. The lowest BCUT2D eigenvalue weighted by Gasteiger charge is -2.17. The predicted molar refractivity (Wildman–Crippen MR) is 74.1 cm³/mol. The molecule has 0 fully saturated rings. The van der Waals surface area contributed by atoms with Crippen LogP contribution in [0.1, 0.15) is 25.8 Å². The summed E-state index contributed by atoms with van der Waals surface area (Å²) in [5.74, 6) is 0.757. The van der Waals surface area contributed by atoms with Crippen LogP contribution in [0.3, 0.4) is 0 Å². The molecule has 0 amide bonds. The number of hydrogen-bond donors (Lipinski definition) is 3. The van der Waals surface area contributed by atoms with Gasteiger partial charge in [-0.1, -0.05) is 13.0 Å². The molecule has 0 spiro atoms. The van der Waals surface area contributed by atoms with Gasteiger partial charge in [-0.15, -0.1) is 0 Å². The zero-order valence-electron chi connectivity index (χ0n) is 11.3. The molecular weight excluding hydrogens is 228 g/mol. The van der Waals surface area contributed by atoms with E-state index in [1.54, 1.807) is 6.07 Å². The Morgan fingerprint density at radius 2 is 2.17 bits per heavy atom. The Hall–Kier alpha value is -1.26. The lowest BCUT2D eigenvalue weighted by Crippen LogP contribution is -2.34. The summed E-state index contributed by atoms with van der Waals surface area (Å²) in [7, 11) is 0. The van der Waals surface area contributed by atoms with E-state index in [0.717, 1.165) is 24.9 Å². The van der Waals surface area contributed by atoms with Crippen molar-refractivity contribution in [1.82, 2.24) is 5.32 Å². The number of ether oxygens (including phenoxy) is 1. The van der Waals surface area contributed by atoms with Crippen molar-refractivity contribution in [2.45, 2.75) is 32.7 Å². The Kier molecular flexibility index (Phi) is 6.54. The predicted octanol–water partition coefficient (Wildman–Crippen LogP) is 1.66. The van der Waals surface area contributed by atoms with Crippen LogP contribution in [0.5, 0.6) is 11.5 Å². The summed E-state index contributed by atoms with van der Waals surface area (Å²) in [5.41, 5.74) is 6.65. The summed E-state index contributed by atoms with van der Waals surface area (Å²) in [4.78, 5) is 0. The van der Waals surface area contributed by atoms with Gasteiger partial charge >= 0.3 is 0 Å². The third kappa shape index (κ3) is 4.55. The lowest BCUT2D eigenvalue weighted by molar-refractivity contribution is 0.317. The lowest BCUT2D eigenvalue weighted by atomic mass is 10.0. The second-order valence-electron chi connectivity index (χ2n) is 4.29. The van der Waals surface area contributed by atoms with Crippen molar-refractivity contribution in [2.24, 2.45) is 5.73 Å². The van der Waals surface area contributed by atoms with Gasteiger partial charge in [0.05, 0.1) is 6.61 Å². The van der Waals surface area contributed by atoms with E-state index in [1.165, 1.54) is 0 Å². The smallest absolute Gasteiger partial charge is 0.161 e. The van der Waals surface area contributed by atoms with Crippen LogP contribution in [0.2, 0.25) is 0 Å². The molecule has 1 aromatic rings. The van der Waals surface area contributed by atoms with E-state index in [0.29, 0.717) is 24.9 Å². The standard InChI is InChI=1S/C14H24N2O2/c1-3-12(16-8-7-15)9-11-5-6-13(17)14(10-11)18-4-2/h5-6,10,12,16-17H,3-4,7-9,15H2,1-2H3. The van der Waals surface area contributed by atoms with Gasteiger partial charge in [0, 0.05) is 19.1 Å². The van der Waals surface area contributed by atoms with Crippen molar-refractivity contribution >= 4 is 0 Å². The van der Waals surface area contributed by atoms with Crippen LogP contribution >= 0.6 is 0 Å². The zero-order chi connectivity index (χ0) is 13.4. The Balaban J connectivity index is 2.67. The SMILES string of the molecule is CCOc1cc(CC(CC)NCCN)ccc1O. The second kappa shape index (κ2) is 7.95. The summed E-state index contributed by atoms with van der Waals surface area (Å²) in [6.07, 6.45) is 1.96. The van der Waals surface area contributed by atoms with Crippen LogP contribution in [-0.4, -0.2) is 30.8 Å². The number of phenolic OH excluding ortho intramolecular Hbond substituents is 1.